The van der Waals surface area contributed by atoms with Gasteiger partial charge in [-0.2, -0.15) is 0 Å². The van der Waals surface area contributed by atoms with Crippen molar-refractivity contribution in [2.45, 2.75) is 59.3 Å². The van der Waals surface area contributed by atoms with E-state index < -0.39 is 0 Å². The van der Waals surface area contributed by atoms with E-state index in [1.807, 2.05) is 25.2 Å². The van der Waals surface area contributed by atoms with Crippen LogP contribution in [0.25, 0.3) is 10.4 Å². The molecule has 1 fully saturated rings. The summed E-state index contributed by atoms with van der Waals surface area (Å²) in [5.41, 5.74) is 4.72. The molecule has 108 valence electrons. The summed E-state index contributed by atoms with van der Waals surface area (Å²) < 4.78 is 0. The monoisotopic (exact) mass is 286 g/mol. The lowest BCUT2D eigenvalue weighted by Gasteiger charge is -2.14. The van der Waals surface area contributed by atoms with Crippen LogP contribution in [-0.4, -0.2) is 0 Å². The molecular weight excluding hydrogens is 260 g/mol. The Labute approximate surface area is 127 Å². The van der Waals surface area contributed by atoms with E-state index in [9.17, 15) is 0 Å². The average molecular weight is 286 g/mol. The molecule has 2 atom stereocenters. The Morgan fingerprint density at radius 3 is 2.35 bits per heavy atom. The highest BCUT2D eigenvalue weighted by Gasteiger charge is 2.45. The Hall–Kier alpha value is -1.08. The first-order valence-corrected chi connectivity index (χ1v) is 8.77. The van der Waals surface area contributed by atoms with Crippen LogP contribution in [0.5, 0.6) is 0 Å². The van der Waals surface area contributed by atoms with E-state index in [1.54, 1.807) is 16.0 Å². The van der Waals surface area contributed by atoms with E-state index in [2.05, 4.69) is 51.1 Å². The van der Waals surface area contributed by atoms with Gasteiger partial charge in [0.25, 0.3) is 0 Å². The Bertz CT molecular complexity index is 565. The number of thiophene rings is 1. The standard InChI is InChI=1S/C14H12S.C3H8.C2H6/c1-8-6-13-12-7-11(12)9-4-2-3-5-10(9)14(13)15-8;1-3-2;1-2/h2-6,11-12H,7H2,1H3;3H2,1-2H3;1-2H3. The molecule has 2 aliphatic carbocycles. The smallest absolute Gasteiger partial charge is 0.0383 e. The zero-order chi connectivity index (χ0) is 14.7. The van der Waals surface area contributed by atoms with Gasteiger partial charge in [-0.1, -0.05) is 58.4 Å². The van der Waals surface area contributed by atoms with Crippen molar-refractivity contribution in [3.63, 3.8) is 0 Å². The second-order valence-corrected chi connectivity index (χ2v) is 6.64. The molecule has 2 aliphatic rings. The van der Waals surface area contributed by atoms with E-state index in [0.29, 0.717) is 0 Å². The molecule has 1 aromatic carbocycles. The zero-order valence-electron chi connectivity index (χ0n) is 13.4. The summed E-state index contributed by atoms with van der Waals surface area (Å²) >= 11 is 1.96. The molecule has 0 amide bonds. The summed E-state index contributed by atoms with van der Waals surface area (Å²) in [6, 6.07) is 11.4. The van der Waals surface area contributed by atoms with Crippen LogP contribution in [0.4, 0.5) is 0 Å². The summed E-state index contributed by atoms with van der Waals surface area (Å²) in [4.78, 5) is 3.00. The fraction of sp³-hybridized carbons (Fsp3) is 0.474. The lowest BCUT2D eigenvalue weighted by molar-refractivity contribution is 1.01. The summed E-state index contributed by atoms with van der Waals surface area (Å²) in [5, 5.41) is 0. The fourth-order valence-corrected chi connectivity index (χ4v) is 4.06. The summed E-state index contributed by atoms with van der Waals surface area (Å²) in [6.45, 7) is 10.5. The third kappa shape index (κ3) is 2.69. The SMILES string of the molecule is CC.CCC.Cc1cc2c(s1)-c1ccccc1C1CC21. The van der Waals surface area contributed by atoms with Crippen LogP contribution >= 0.6 is 11.3 Å². The quantitative estimate of drug-likeness (QED) is 0.502. The molecule has 4 rings (SSSR count). The maximum Gasteiger partial charge on any atom is 0.0383 e. The molecule has 0 saturated heterocycles. The molecule has 0 N–H and O–H groups in total. The number of fused-ring (bicyclic) bond motifs is 6. The van der Waals surface area contributed by atoms with E-state index in [4.69, 9.17) is 0 Å². The molecule has 1 heterocycles. The van der Waals surface area contributed by atoms with Crippen LogP contribution in [0.15, 0.2) is 30.3 Å². The van der Waals surface area contributed by atoms with Gasteiger partial charge in [0.2, 0.25) is 0 Å². The molecule has 1 heteroatoms. The molecule has 0 radical (unpaired) electrons. The van der Waals surface area contributed by atoms with Crippen LogP contribution in [0.3, 0.4) is 0 Å². The minimum atomic E-state index is 0.836. The van der Waals surface area contributed by atoms with E-state index in [-0.39, 0.29) is 0 Å². The van der Waals surface area contributed by atoms with Crippen molar-refractivity contribution in [2.24, 2.45) is 0 Å². The Morgan fingerprint density at radius 1 is 1.05 bits per heavy atom. The second-order valence-electron chi connectivity index (χ2n) is 5.38. The predicted molar refractivity (Wildman–Crippen MR) is 91.9 cm³/mol. The lowest BCUT2D eigenvalue weighted by atomic mass is 9.91. The van der Waals surface area contributed by atoms with E-state index in [1.165, 1.54) is 23.3 Å². The van der Waals surface area contributed by atoms with Crippen LogP contribution in [0.1, 0.15) is 68.4 Å². The molecular formula is C19H26S. The van der Waals surface area contributed by atoms with Crippen molar-refractivity contribution in [3.8, 4) is 10.4 Å². The Kier molecular flexibility index (Phi) is 5.04. The number of aryl methyl sites for hydroxylation is 1. The number of hydrogen-bond acceptors (Lipinski definition) is 1. The first kappa shape index (κ1) is 15.3. The van der Waals surface area contributed by atoms with E-state index >= 15 is 0 Å². The van der Waals surface area contributed by atoms with Gasteiger partial charge in [-0.05, 0) is 47.9 Å². The van der Waals surface area contributed by atoms with Gasteiger partial charge in [-0.15, -0.1) is 11.3 Å². The van der Waals surface area contributed by atoms with Gasteiger partial charge >= 0.3 is 0 Å². The molecule has 2 unspecified atom stereocenters. The van der Waals surface area contributed by atoms with Crippen molar-refractivity contribution in [3.05, 3.63) is 46.3 Å². The predicted octanol–water partition coefficient (Wildman–Crippen LogP) is 6.75. The third-order valence-corrected chi connectivity index (χ3v) is 4.78. The molecule has 1 aromatic heterocycles. The van der Waals surface area contributed by atoms with Gasteiger partial charge in [0, 0.05) is 9.75 Å². The van der Waals surface area contributed by atoms with Crippen LogP contribution in [-0.2, 0) is 0 Å². The summed E-state index contributed by atoms with van der Waals surface area (Å²) in [7, 11) is 0. The number of hydrogen-bond donors (Lipinski definition) is 0. The van der Waals surface area contributed by atoms with Crippen LogP contribution in [0, 0.1) is 6.92 Å². The highest BCUT2D eigenvalue weighted by atomic mass is 32.1. The molecule has 2 aromatic rings. The topological polar surface area (TPSA) is 0 Å². The Balaban J connectivity index is 0.000000264. The average Bonchev–Trinajstić information content (AvgIpc) is 3.18. The highest BCUT2D eigenvalue weighted by molar-refractivity contribution is 7.15. The molecule has 20 heavy (non-hydrogen) atoms. The maximum atomic E-state index is 2.40. The molecule has 0 nitrogen and oxygen atoms in total. The lowest BCUT2D eigenvalue weighted by Crippen LogP contribution is -1.94. The van der Waals surface area contributed by atoms with Crippen LogP contribution in [0.2, 0.25) is 0 Å². The van der Waals surface area contributed by atoms with Crippen LogP contribution < -0.4 is 0 Å². The Morgan fingerprint density at radius 2 is 1.65 bits per heavy atom. The minimum absolute atomic E-state index is 0.836. The molecule has 0 bridgehead atoms. The van der Waals surface area contributed by atoms with Crippen molar-refractivity contribution < 1.29 is 0 Å². The molecule has 1 saturated carbocycles. The molecule has 0 spiro atoms. The zero-order valence-corrected chi connectivity index (χ0v) is 14.2. The maximum absolute atomic E-state index is 2.40. The normalized spacial score (nSPS) is 20.2. The van der Waals surface area contributed by atoms with Crippen molar-refractivity contribution >= 4 is 11.3 Å². The highest BCUT2D eigenvalue weighted by Crippen LogP contribution is 2.63. The summed E-state index contributed by atoms with van der Waals surface area (Å²) in [5.74, 6) is 1.68. The van der Waals surface area contributed by atoms with Crippen molar-refractivity contribution in [1.82, 2.24) is 0 Å². The fourth-order valence-electron chi connectivity index (χ4n) is 2.93. The van der Waals surface area contributed by atoms with Crippen molar-refractivity contribution in [1.29, 1.82) is 0 Å². The second kappa shape index (κ2) is 6.58. The van der Waals surface area contributed by atoms with Gasteiger partial charge in [0.05, 0.1) is 0 Å². The first-order chi connectivity index (χ1) is 9.76. The van der Waals surface area contributed by atoms with Crippen molar-refractivity contribution in [2.75, 3.05) is 0 Å². The largest absolute Gasteiger partial charge is 0.140 e. The number of rotatable bonds is 0. The molecule has 0 aliphatic heterocycles. The van der Waals surface area contributed by atoms with Gasteiger partial charge in [0.1, 0.15) is 0 Å². The van der Waals surface area contributed by atoms with Gasteiger partial charge in [-0.3, -0.25) is 0 Å². The first-order valence-electron chi connectivity index (χ1n) is 7.95. The third-order valence-electron chi connectivity index (χ3n) is 3.68. The minimum Gasteiger partial charge on any atom is -0.140 e. The van der Waals surface area contributed by atoms with Gasteiger partial charge in [0.15, 0.2) is 0 Å². The van der Waals surface area contributed by atoms with E-state index in [0.717, 1.165) is 11.8 Å². The number of benzene rings is 1. The van der Waals surface area contributed by atoms with Gasteiger partial charge in [-0.25, -0.2) is 0 Å². The summed E-state index contributed by atoms with van der Waals surface area (Å²) in [6.07, 6.45) is 2.63. The van der Waals surface area contributed by atoms with Gasteiger partial charge < -0.3 is 0 Å².